The molecule has 1 aromatic carbocycles. The molecule has 2 rings (SSSR count). The van der Waals surface area contributed by atoms with Gasteiger partial charge >= 0.3 is 0 Å². The van der Waals surface area contributed by atoms with E-state index in [1.807, 2.05) is 0 Å². The largest absolute Gasteiger partial charge is 0.496 e. The van der Waals surface area contributed by atoms with Crippen LogP contribution in [-0.4, -0.2) is 12.1 Å². The topological polar surface area (TPSA) is 22.1 Å². The van der Waals surface area contributed by atoms with Gasteiger partial charge in [-0.2, -0.15) is 4.39 Å². The van der Waals surface area contributed by atoms with Gasteiger partial charge in [-0.3, -0.25) is 0 Å². The summed E-state index contributed by atoms with van der Waals surface area (Å²) < 4.78 is 31.3. The first-order chi connectivity index (χ1) is 8.11. The summed E-state index contributed by atoms with van der Waals surface area (Å²) in [5, 5.41) is 0.232. The van der Waals surface area contributed by atoms with E-state index in [1.165, 1.54) is 31.5 Å². The number of hydrogen-bond acceptors (Lipinski definition) is 2. The summed E-state index contributed by atoms with van der Waals surface area (Å²) in [4.78, 5) is 3.41. The van der Waals surface area contributed by atoms with Crippen LogP contribution in [-0.2, 0) is 0 Å². The molecule has 0 spiro atoms. The zero-order chi connectivity index (χ0) is 12.4. The second-order valence-corrected chi connectivity index (χ2v) is 3.74. The maximum atomic E-state index is 13.2. The van der Waals surface area contributed by atoms with Crippen molar-refractivity contribution < 1.29 is 13.5 Å². The van der Waals surface area contributed by atoms with Crippen molar-refractivity contribution in [1.82, 2.24) is 4.98 Å². The van der Waals surface area contributed by atoms with E-state index in [4.69, 9.17) is 16.3 Å². The number of pyridine rings is 1. The predicted molar refractivity (Wildman–Crippen MR) is 61.2 cm³/mol. The summed E-state index contributed by atoms with van der Waals surface area (Å²) in [7, 11) is 1.45. The molecule has 5 heteroatoms. The first-order valence-corrected chi connectivity index (χ1v) is 5.14. The van der Waals surface area contributed by atoms with Crippen molar-refractivity contribution >= 4 is 11.6 Å². The highest BCUT2D eigenvalue weighted by molar-refractivity contribution is 6.33. The lowest BCUT2D eigenvalue weighted by Gasteiger charge is -2.09. The number of aromatic nitrogens is 1. The molecular weight excluding hydrogens is 248 g/mol. The van der Waals surface area contributed by atoms with Crippen LogP contribution >= 0.6 is 11.6 Å². The summed E-state index contributed by atoms with van der Waals surface area (Å²) in [6.45, 7) is 0. The molecule has 0 N–H and O–H groups in total. The summed E-state index contributed by atoms with van der Waals surface area (Å²) >= 11 is 5.90. The summed E-state index contributed by atoms with van der Waals surface area (Å²) in [5.74, 6) is -0.719. The Balaban J connectivity index is 2.66. The van der Waals surface area contributed by atoms with Gasteiger partial charge in [-0.15, -0.1) is 0 Å². The number of nitrogens with zero attached hydrogens (tertiary/aromatic N) is 1. The number of ether oxygens (including phenoxy) is 1. The van der Waals surface area contributed by atoms with Crippen molar-refractivity contribution in [3.63, 3.8) is 0 Å². The standard InChI is InChI=1S/C12H8ClF2NO/c1-17-11-3-2-7(14)4-9(11)8-5-12(15)16-6-10(8)13/h2-6H,1H3. The van der Waals surface area contributed by atoms with Gasteiger partial charge in [-0.25, -0.2) is 9.37 Å². The average Bonchev–Trinajstić information content (AvgIpc) is 2.32. The van der Waals surface area contributed by atoms with Gasteiger partial charge in [0.2, 0.25) is 5.95 Å². The summed E-state index contributed by atoms with van der Waals surface area (Å²) in [6.07, 6.45) is 1.18. The molecule has 0 aliphatic heterocycles. The molecule has 1 aromatic heterocycles. The molecule has 2 aromatic rings. The Morgan fingerprint density at radius 2 is 1.94 bits per heavy atom. The SMILES string of the molecule is COc1ccc(F)cc1-c1cc(F)ncc1Cl. The molecule has 0 bridgehead atoms. The van der Waals surface area contributed by atoms with Crippen LogP contribution in [0, 0.1) is 11.8 Å². The lowest BCUT2D eigenvalue weighted by Crippen LogP contribution is -1.92. The Labute approximate surface area is 102 Å². The van der Waals surface area contributed by atoms with Crippen molar-refractivity contribution in [2.45, 2.75) is 0 Å². The molecule has 1 heterocycles. The lowest BCUT2D eigenvalue weighted by molar-refractivity contribution is 0.415. The first kappa shape index (κ1) is 11.8. The van der Waals surface area contributed by atoms with Crippen LogP contribution in [0.1, 0.15) is 0 Å². The highest BCUT2D eigenvalue weighted by Crippen LogP contribution is 2.35. The highest BCUT2D eigenvalue weighted by atomic mass is 35.5. The number of methoxy groups -OCH3 is 1. The maximum Gasteiger partial charge on any atom is 0.213 e. The van der Waals surface area contributed by atoms with E-state index in [0.29, 0.717) is 16.9 Å². The monoisotopic (exact) mass is 255 g/mol. The zero-order valence-corrected chi connectivity index (χ0v) is 9.63. The fourth-order valence-corrected chi connectivity index (χ4v) is 1.72. The van der Waals surface area contributed by atoms with E-state index < -0.39 is 11.8 Å². The molecule has 88 valence electrons. The van der Waals surface area contributed by atoms with E-state index >= 15 is 0 Å². The molecule has 0 radical (unpaired) electrons. The van der Waals surface area contributed by atoms with Gasteiger partial charge < -0.3 is 4.74 Å². The maximum absolute atomic E-state index is 13.2. The first-order valence-electron chi connectivity index (χ1n) is 4.77. The van der Waals surface area contributed by atoms with Gasteiger partial charge in [0.25, 0.3) is 0 Å². The predicted octanol–water partition coefficient (Wildman–Crippen LogP) is 3.69. The van der Waals surface area contributed by atoms with E-state index in [-0.39, 0.29) is 5.02 Å². The Kier molecular flexibility index (Phi) is 3.24. The molecule has 0 amide bonds. The third-order valence-electron chi connectivity index (χ3n) is 2.27. The molecule has 0 unspecified atom stereocenters. The van der Waals surface area contributed by atoms with Crippen LogP contribution in [0.4, 0.5) is 8.78 Å². The minimum Gasteiger partial charge on any atom is -0.496 e. The van der Waals surface area contributed by atoms with Crippen molar-refractivity contribution in [2.24, 2.45) is 0 Å². The molecule has 0 atom stereocenters. The molecule has 0 fully saturated rings. The Morgan fingerprint density at radius 3 is 2.65 bits per heavy atom. The molecule has 17 heavy (non-hydrogen) atoms. The average molecular weight is 256 g/mol. The normalized spacial score (nSPS) is 10.4. The van der Waals surface area contributed by atoms with E-state index in [0.717, 1.165) is 6.07 Å². The van der Waals surface area contributed by atoms with Crippen LogP contribution in [0.3, 0.4) is 0 Å². The molecule has 2 nitrogen and oxygen atoms in total. The molecule has 0 aliphatic carbocycles. The lowest BCUT2D eigenvalue weighted by atomic mass is 10.1. The van der Waals surface area contributed by atoms with E-state index in [1.54, 1.807) is 0 Å². The molecular formula is C12H8ClF2NO. The number of hydrogen-bond donors (Lipinski definition) is 0. The number of halogens is 3. The summed E-state index contributed by atoms with van der Waals surface area (Å²) in [6, 6.07) is 5.09. The minimum atomic E-state index is -0.685. The third kappa shape index (κ3) is 2.36. The van der Waals surface area contributed by atoms with Crippen LogP contribution in [0.5, 0.6) is 5.75 Å². The van der Waals surface area contributed by atoms with Gasteiger partial charge in [-0.05, 0) is 18.2 Å². The van der Waals surface area contributed by atoms with E-state index in [9.17, 15) is 8.78 Å². The zero-order valence-electron chi connectivity index (χ0n) is 8.88. The van der Waals surface area contributed by atoms with Gasteiger partial charge in [0.1, 0.15) is 11.6 Å². The smallest absolute Gasteiger partial charge is 0.213 e. The van der Waals surface area contributed by atoms with Crippen molar-refractivity contribution in [3.8, 4) is 16.9 Å². The second-order valence-electron chi connectivity index (χ2n) is 3.33. The number of benzene rings is 1. The molecule has 0 saturated heterocycles. The highest BCUT2D eigenvalue weighted by Gasteiger charge is 2.12. The Hall–Kier alpha value is -1.68. The van der Waals surface area contributed by atoms with Gasteiger partial charge in [-0.1, -0.05) is 11.6 Å². The fraction of sp³-hybridized carbons (Fsp3) is 0.0833. The van der Waals surface area contributed by atoms with Crippen molar-refractivity contribution in [3.05, 3.63) is 47.2 Å². The molecule has 0 aliphatic rings. The summed E-state index contributed by atoms with van der Waals surface area (Å²) in [5.41, 5.74) is 0.731. The second kappa shape index (κ2) is 4.67. The quantitative estimate of drug-likeness (QED) is 0.764. The van der Waals surface area contributed by atoms with Gasteiger partial charge in [0.05, 0.1) is 12.1 Å². The van der Waals surface area contributed by atoms with Crippen molar-refractivity contribution in [1.29, 1.82) is 0 Å². The van der Waals surface area contributed by atoms with Gasteiger partial charge in [0.15, 0.2) is 0 Å². The third-order valence-corrected chi connectivity index (χ3v) is 2.57. The Bertz CT molecular complexity index is 560. The van der Waals surface area contributed by atoms with E-state index in [2.05, 4.69) is 4.98 Å². The van der Waals surface area contributed by atoms with Gasteiger partial charge in [0, 0.05) is 23.4 Å². The van der Waals surface area contributed by atoms with Crippen LogP contribution in [0.25, 0.3) is 11.1 Å². The van der Waals surface area contributed by atoms with Crippen LogP contribution in [0.2, 0.25) is 5.02 Å². The Morgan fingerprint density at radius 1 is 1.18 bits per heavy atom. The number of rotatable bonds is 2. The fourth-order valence-electron chi connectivity index (χ4n) is 1.51. The van der Waals surface area contributed by atoms with Crippen molar-refractivity contribution in [2.75, 3.05) is 7.11 Å². The van der Waals surface area contributed by atoms with Crippen LogP contribution < -0.4 is 4.74 Å². The molecule has 0 saturated carbocycles. The minimum absolute atomic E-state index is 0.232. The van der Waals surface area contributed by atoms with Crippen LogP contribution in [0.15, 0.2) is 30.5 Å².